The number of hydrogen-bond acceptors (Lipinski definition) is 3. The number of rotatable bonds is 5. The van der Waals surface area contributed by atoms with Gasteiger partial charge in [0.15, 0.2) is 5.78 Å². The molecule has 26 heavy (non-hydrogen) atoms. The van der Waals surface area contributed by atoms with Gasteiger partial charge >= 0.3 is 0 Å². The SMILES string of the molecule is CC(=O)c1ccc(NC(=O)c2cccn(Cc3ccccc3)c2=O)cc1. The van der Waals surface area contributed by atoms with Gasteiger partial charge in [-0.05, 0) is 48.9 Å². The van der Waals surface area contributed by atoms with Gasteiger partial charge in [-0.25, -0.2) is 0 Å². The molecule has 0 aliphatic carbocycles. The molecular formula is C21H18N2O3. The number of aromatic nitrogens is 1. The van der Waals surface area contributed by atoms with Crippen LogP contribution in [0.1, 0.15) is 33.2 Å². The second kappa shape index (κ2) is 7.61. The van der Waals surface area contributed by atoms with Gasteiger partial charge in [-0.15, -0.1) is 0 Å². The largest absolute Gasteiger partial charge is 0.322 e. The van der Waals surface area contributed by atoms with Crippen LogP contribution in [-0.2, 0) is 6.54 Å². The third-order valence-electron chi connectivity index (χ3n) is 4.01. The zero-order chi connectivity index (χ0) is 18.5. The monoisotopic (exact) mass is 346 g/mol. The average molecular weight is 346 g/mol. The van der Waals surface area contributed by atoms with Crippen LogP contribution in [0.25, 0.3) is 0 Å². The van der Waals surface area contributed by atoms with Crippen LogP contribution in [0, 0.1) is 0 Å². The van der Waals surface area contributed by atoms with Crippen LogP contribution in [-0.4, -0.2) is 16.3 Å². The van der Waals surface area contributed by atoms with E-state index in [0.29, 0.717) is 17.8 Å². The number of nitrogens with zero attached hydrogens (tertiary/aromatic N) is 1. The van der Waals surface area contributed by atoms with E-state index in [9.17, 15) is 14.4 Å². The molecular weight excluding hydrogens is 328 g/mol. The highest BCUT2D eigenvalue weighted by Gasteiger charge is 2.13. The maximum absolute atomic E-state index is 12.6. The van der Waals surface area contributed by atoms with E-state index in [4.69, 9.17) is 0 Å². The molecule has 0 unspecified atom stereocenters. The number of anilines is 1. The molecule has 1 amide bonds. The first kappa shape index (κ1) is 17.4. The number of hydrogen-bond donors (Lipinski definition) is 1. The zero-order valence-corrected chi connectivity index (χ0v) is 14.3. The number of amides is 1. The van der Waals surface area contributed by atoms with Gasteiger partial charge < -0.3 is 9.88 Å². The second-order valence-electron chi connectivity index (χ2n) is 5.93. The van der Waals surface area contributed by atoms with E-state index in [0.717, 1.165) is 5.56 Å². The van der Waals surface area contributed by atoms with Gasteiger partial charge in [0, 0.05) is 17.4 Å². The molecule has 0 fully saturated rings. The summed E-state index contributed by atoms with van der Waals surface area (Å²) in [5.41, 5.74) is 1.78. The second-order valence-corrected chi connectivity index (χ2v) is 5.93. The topological polar surface area (TPSA) is 68.2 Å². The molecule has 0 atom stereocenters. The van der Waals surface area contributed by atoms with Crippen molar-refractivity contribution in [2.24, 2.45) is 0 Å². The summed E-state index contributed by atoms with van der Waals surface area (Å²) in [6, 6.07) is 19.3. The fraction of sp³-hybridized carbons (Fsp3) is 0.0952. The number of ketones is 1. The molecule has 0 spiro atoms. The Labute approximate surface area is 150 Å². The average Bonchev–Trinajstić information content (AvgIpc) is 2.64. The lowest BCUT2D eigenvalue weighted by molar-refractivity contribution is 0.101. The molecule has 3 rings (SSSR count). The molecule has 2 aromatic carbocycles. The van der Waals surface area contributed by atoms with Gasteiger partial charge in [0.1, 0.15) is 5.56 Å². The van der Waals surface area contributed by atoms with Crippen molar-refractivity contribution in [3.05, 3.63) is 100.0 Å². The van der Waals surface area contributed by atoms with E-state index in [1.807, 2.05) is 30.3 Å². The Hall–Kier alpha value is -3.47. The lowest BCUT2D eigenvalue weighted by Crippen LogP contribution is -2.29. The van der Waals surface area contributed by atoms with Crippen LogP contribution in [0.2, 0.25) is 0 Å². The summed E-state index contributed by atoms with van der Waals surface area (Å²) >= 11 is 0. The van der Waals surface area contributed by atoms with Crippen LogP contribution in [0.3, 0.4) is 0 Å². The van der Waals surface area contributed by atoms with Crippen molar-refractivity contribution < 1.29 is 9.59 Å². The first-order chi connectivity index (χ1) is 12.5. The summed E-state index contributed by atoms with van der Waals surface area (Å²) in [5.74, 6) is -0.525. The summed E-state index contributed by atoms with van der Waals surface area (Å²) in [5, 5.41) is 2.69. The summed E-state index contributed by atoms with van der Waals surface area (Å²) in [6.07, 6.45) is 1.66. The van der Waals surface area contributed by atoms with Gasteiger partial charge in [-0.2, -0.15) is 0 Å². The first-order valence-electron chi connectivity index (χ1n) is 8.20. The molecule has 0 saturated heterocycles. The zero-order valence-electron chi connectivity index (χ0n) is 14.3. The minimum absolute atomic E-state index is 0.0465. The standard InChI is InChI=1S/C21H18N2O3/c1-15(24)17-9-11-18(12-10-17)22-20(25)19-8-5-13-23(21(19)26)14-16-6-3-2-4-7-16/h2-13H,14H2,1H3,(H,22,25). The number of Topliss-reactive ketones (excluding diaryl/α,β-unsaturated/α-hetero) is 1. The van der Waals surface area contributed by atoms with Crippen LogP contribution < -0.4 is 10.9 Å². The molecule has 1 aromatic heterocycles. The molecule has 0 bridgehead atoms. The highest BCUT2D eigenvalue weighted by atomic mass is 16.2. The Kier molecular flexibility index (Phi) is 5.08. The van der Waals surface area contributed by atoms with E-state index in [1.165, 1.54) is 17.6 Å². The molecule has 0 aliphatic rings. The lowest BCUT2D eigenvalue weighted by Gasteiger charge is -2.09. The third kappa shape index (κ3) is 3.95. The van der Waals surface area contributed by atoms with Gasteiger partial charge in [0.2, 0.25) is 0 Å². The number of nitrogens with one attached hydrogen (secondary N) is 1. The van der Waals surface area contributed by atoms with E-state index >= 15 is 0 Å². The number of pyridine rings is 1. The molecule has 130 valence electrons. The maximum Gasteiger partial charge on any atom is 0.263 e. The van der Waals surface area contributed by atoms with Crippen molar-refractivity contribution >= 4 is 17.4 Å². The van der Waals surface area contributed by atoms with Gasteiger partial charge in [0.25, 0.3) is 11.5 Å². The van der Waals surface area contributed by atoms with Crippen molar-refractivity contribution in [2.75, 3.05) is 5.32 Å². The van der Waals surface area contributed by atoms with Gasteiger partial charge in [-0.1, -0.05) is 30.3 Å². The van der Waals surface area contributed by atoms with Gasteiger partial charge in [-0.3, -0.25) is 14.4 Å². The smallest absolute Gasteiger partial charge is 0.263 e. The number of carbonyl (C=O) groups is 2. The van der Waals surface area contributed by atoms with Crippen molar-refractivity contribution in [3.8, 4) is 0 Å². The fourth-order valence-corrected chi connectivity index (χ4v) is 2.60. The van der Waals surface area contributed by atoms with E-state index in [-0.39, 0.29) is 16.9 Å². The molecule has 5 heteroatoms. The van der Waals surface area contributed by atoms with E-state index in [1.54, 1.807) is 36.5 Å². The third-order valence-corrected chi connectivity index (χ3v) is 4.01. The minimum Gasteiger partial charge on any atom is -0.322 e. The van der Waals surface area contributed by atoms with Crippen molar-refractivity contribution in [3.63, 3.8) is 0 Å². The minimum atomic E-state index is -0.479. The maximum atomic E-state index is 12.6. The summed E-state index contributed by atoms with van der Waals surface area (Å²) in [4.78, 5) is 36.4. The van der Waals surface area contributed by atoms with Crippen LogP contribution in [0.15, 0.2) is 77.7 Å². The number of benzene rings is 2. The van der Waals surface area contributed by atoms with E-state index in [2.05, 4.69) is 5.32 Å². The van der Waals surface area contributed by atoms with Crippen molar-refractivity contribution in [1.29, 1.82) is 0 Å². The first-order valence-corrected chi connectivity index (χ1v) is 8.20. The predicted molar refractivity (Wildman–Crippen MR) is 101 cm³/mol. The number of carbonyl (C=O) groups excluding carboxylic acids is 2. The quantitative estimate of drug-likeness (QED) is 0.720. The summed E-state index contributed by atoms with van der Waals surface area (Å²) in [6.45, 7) is 1.88. The predicted octanol–water partition coefficient (Wildman–Crippen LogP) is 3.35. The molecule has 3 aromatic rings. The molecule has 0 saturated carbocycles. The van der Waals surface area contributed by atoms with Crippen molar-refractivity contribution in [2.45, 2.75) is 13.5 Å². The van der Waals surface area contributed by atoms with Crippen molar-refractivity contribution in [1.82, 2.24) is 4.57 Å². The normalized spacial score (nSPS) is 10.3. The van der Waals surface area contributed by atoms with E-state index < -0.39 is 5.91 Å². The molecule has 0 aliphatic heterocycles. The molecule has 1 N–H and O–H groups in total. The van der Waals surface area contributed by atoms with Crippen LogP contribution >= 0.6 is 0 Å². The summed E-state index contributed by atoms with van der Waals surface area (Å²) in [7, 11) is 0. The lowest BCUT2D eigenvalue weighted by atomic mass is 10.1. The molecule has 0 radical (unpaired) electrons. The Morgan fingerprint density at radius 2 is 1.62 bits per heavy atom. The Morgan fingerprint density at radius 1 is 0.923 bits per heavy atom. The molecule has 5 nitrogen and oxygen atoms in total. The Bertz CT molecular complexity index is 990. The van der Waals surface area contributed by atoms with Gasteiger partial charge in [0.05, 0.1) is 6.54 Å². The van der Waals surface area contributed by atoms with Crippen LogP contribution in [0.4, 0.5) is 5.69 Å². The molecule has 1 heterocycles. The Morgan fingerprint density at radius 3 is 2.27 bits per heavy atom. The van der Waals surface area contributed by atoms with Crippen LogP contribution in [0.5, 0.6) is 0 Å². The Balaban J connectivity index is 1.80. The fourth-order valence-electron chi connectivity index (χ4n) is 2.60. The summed E-state index contributed by atoms with van der Waals surface area (Å²) < 4.78 is 1.50. The highest BCUT2D eigenvalue weighted by molar-refractivity contribution is 6.04. The highest BCUT2D eigenvalue weighted by Crippen LogP contribution is 2.11.